The third-order valence-corrected chi connectivity index (χ3v) is 6.40. The van der Waals surface area contributed by atoms with Crippen LogP contribution in [0, 0.1) is 0 Å². The van der Waals surface area contributed by atoms with Crippen molar-refractivity contribution in [1.29, 1.82) is 0 Å². The molecule has 0 bridgehead atoms. The van der Waals surface area contributed by atoms with Crippen LogP contribution < -0.4 is 11.5 Å². The van der Waals surface area contributed by atoms with Crippen molar-refractivity contribution >= 4 is 0 Å². The number of phenolic OH excluding ortho intramolecular Hbond substituents is 2. The Morgan fingerprint density at radius 2 is 0.939 bits per heavy atom. The van der Waals surface area contributed by atoms with Gasteiger partial charge in [0.1, 0.15) is 11.5 Å². The number of rotatable bonds is 6. The first-order valence-electron chi connectivity index (χ1n) is 11.1. The van der Waals surface area contributed by atoms with Gasteiger partial charge in [0.25, 0.3) is 0 Å². The Bertz CT molecular complexity index is 1160. The van der Waals surface area contributed by atoms with Gasteiger partial charge in [0.05, 0.1) is 0 Å². The molecule has 4 aromatic carbocycles. The third kappa shape index (κ3) is 4.23. The average molecular weight is 439 g/mol. The molecule has 0 atom stereocenters. The maximum Gasteiger partial charge on any atom is 0.115 e. The Labute approximate surface area is 195 Å². The highest BCUT2D eigenvalue weighted by atomic mass is 16.3. The van der Waals surface area contributed by atoms with E-state index in [-0.39, 0.29) is 11.5 Å². The summed E-state index contributed by atoms with van der Waals surface area (Å²) in [4.78, 5) is 0. The highest BCUT2D eigenvalue weighted by Gasteiger charge is 2.30. The van der Waals surface area contributed by atoms with Crippen molar-refractivity contribution in [2.45, 2.75) is 32.4 Å². The zero-order valence-electron chi connectivity index (χ0n) is 19.0. The molecule has 0 fully saturated rings. The summed E-state index contributed by atoms with van der Waals surface area (Å²) in [6, 6.07) is 27.1. The summed E-state index contributed by atoms with van der Waals surface area (Å²) in [6.45, 7) is 5.25. The van der Waals surface area contributed by atoms with Gasteiger partial charge in [0.2, 0.25) is 0 Å². The van der Waals surface area contributed by atoms with Crippen LogP contribution in [0.3, 0.4) is 0 Å². The van der Waals surface area contributed by atoms with Crippen molar-refractivity contribution in [2.24, 2.45) is 11.5 Å². The highest BCUT2D eigenvalue weighted by molar-refractivity contribution is 5.78. The van der Waals surface area contributed by atoms with Crippen molar-refractivity contribution in [1.82, 2.24) is 0 Å². The van der Waals surface area contributed by atoms with Crippen LogP contribution in [0.4, 0.5) is 0 Å². The van der Waals surface area contributed by atoms with E-state index in [0.29, 0.717) is 13.1 Å². The van der Waals surface area contributed by atoms with Crippen molar-refractivity contribution in [3.63, 3.8) is 0 Å². The van der Waals surface area contributed by atoms with E-state index >= 15 is 0 Å². The monoisotopic (exact) mass is 438 g/mol. The number of aromatic hydroxyl groups is 2. The van der Waals surface area contributed by atoms with Crippen LogP contribution in [0.5, 0.6) is 11.5 Å². The van der Waals surface area contributed by atoms with Gasteiger partial charge in [0.15, 0.2) is 0 Å². The molecule has 0 aromatic heterocycles. The van der Waals surface area contributed by atoms with Crippen LogP contribution in [-0.4, -0.2) is 10.2 Å². The van der Waals surface area contributed by atoms with Crippen LogP contribution in [0.15, 0.2) is 84.9 Å². The molecule has 4 rings (SSSR count). The lowest BCUT2D eigenvalue weighted by molar-refractivity contribution is 0.475. The fourth-order valence-corrected chi connectivity index (χ4v) is 4.67. The number of nitrogens with two attached hydrogens (primary N) is 2. The molecular formula is C29H30N2O2. The minimum absolute atomic E-state index is 0.232. The Kier molecular flexibility index (Phi) is 6.23. The Hall–Kier alpha value is -3.60. The van der Waals surface area contributed by atoms with Gasteiger partial charge >= 0.3 is 0 Å². The molecule has 4 heteroatoms. The maximum absolute atomic E-state index is 9.82. The predicted molar refractivity (Wildman–Crippen MR) is 135 cm³/mol. The largest absolute Gasteiger partial charge is 0.508 e. The predicted octanol–water partition coefficient (Wildman–Crippen LogP) is 5.68. The number of phenols is 2. The molecule has 0 radical (unpaired) electrons. The van der Waals surface area contributed by atoms with Gasteiger partial charge in [0, 0.05) is 18.5 Å². The van der Waals surface area contributed by atoms with Gasteiger partial charge in [-0.2, -0.15) is 0 Å². The fraction of sp³-hybridized carbons (Fsp3) is 0.172. The van der Waals surface area contributed by atoms with Crippen LogP contribution in [0.1, 0.15) is 36.1 Å². The molecule has 6 N–H and O–H groups in total. The normalized spacial score (nSPS) is 11.5. The molecule has 4 nitrogen and oxygen atoms in total. The second-order valence-electron chi connectivity index (χ2n) is 8.81. The lowest BCUT2D eigenvalue weighted by Gasteiger charge is -2.33. The van der Waals surface area contributed by atoms with Gasteiger partial charge in [-0.15, -0.1) is 0 Å². The van der Waals surface area contributed by atoms with Crippen LogP contribution in [0.25, 0.3) is 22.3 Å². The van der Waals surface area contributed by atoms with E-state index in [9.17, 15) is 10.2 Å². The fourth-order valence-electron chi connectivity index (χ4n) is 4.67. The zero-order valence-corrected chi connectivity index (χ0v) is 19.0. The van der Waals surface area contributed by atoms with Gasteiger partial charge in [-0.3, -0.25) is 0 Å². The van der Waals surface area contributed by atoms with Gasteiger partial charge in [-0.1, -0.05) is 74.5 Å². The number of hydrogen-bond donors (Lipinski definition) is 4. The summed E-state index contributed by atoms with van der Waals surface area (Å²) < 4.78 is 0. The molecule has 0 aliphatic rings. The van der Waals surface area contributed by atoms with E-state index in [1.54, 1.807) is 24.3 Å². The van der Waals surface area contributed by atoms with Crippen molar-refractivity contribution in [3.05, 3.63) is 107 Å². The molecule has 0 spiro atoms. The van der Waals surface area contributed by atoms with E-state index in [1.165, 1.54) is 0 Å². The quantitative estimate of drug-likeness (QED) is 0.312. The van der Waals surface area contributed by atoms with E-state index in [2.05, 4.69) is 50.2 Å². The van der Waals surface area contributed by atoms with E-state index in [4.69, 9.17) is 11.5 Å². The summed E-state index contributed by atoms with van der Waals surface area (Å²) >= 11 is 0. The molecule has 0 amide bonds. The Balaban J connectivity index is 1.99. The summed E-state index contributed by atoms with van der Waals surface area (Å²) in [5.41, 5.74) is 20.5. The van der Waals surface area contributed by atoms with Crippen LogP contribution in [-0.2, 0) is 18.5 Å². The molecule has 0 aliphatic heterocycles. The number of benzene rings is 4. The van der Waals surface area contributed by atoms with Crippen LogP contribution >= 0.6 is 0 Å². The summed E-state index contributed by atoms with van der Waals surface area (Å²) in [7, 11) is 0. The smallest absolute Gasteiger partial charge is 0.115 e. The minimum Gasteiger partial charge on any atom is -0.508 e. The standard InChI is InChI=1S/C29H30N2O2/c1-29(2,25-7-3-5-21(17-30)27(25)19-9-13-23(32)14-10-19)26-8-4-6-22(18-31)28(26)20-11-15-24(33)16-12-20/h3-16,32-33H,17-18,30-31H2,1-2H3. The topological polar surface area (TPSA) is 92.5 Å². The van der Waals surface area contributed by atoms with Crippen LogP contribution in [0.2, 0.25) is 0 Å². The third-order valence-electron chi connectivity index (χ3n) is 6.40. The van der Waals surface area contributed by atoms with Crippen molar-refractivity contribution in [2.75, 3.05) is 0 Å². The minimum atomic E-state index is -0.392. The highest BCUT2D eigenvalue weighted by Crippen LogP contribution is 2.44. The Morgan fingerprint density at radius 3 is 1.27 bits per heavy atom. The first-order chi connectivity index (χ1) is 15.9. The van der Waals surface area contributed by atoms with E-state index < -0.39 is 5.41 Å². The lowest BCUT2D eigenvalue weighted by atomic mass is 9.71. The van der Waals surface area contributed by atoms with E-state index in [0.717, 1.165) is 44.5 Å². The SMILES string of the molecule is CC(C)(c1cccc(CN)c1-c1ccc(O)cc1)c1cccc(CN)c1-c1ccc(O)cc1. The van der Waals surface area contributed by atoms with Gasteiger partial charge in [-0.25, -0.2) is 0 Å². The molecule has 0 saturated carbocycles. The van der Waals surface area contributed by atoms with Crippen molar-refractivity contribution in [3.8, 4) is 33.8 Å². The molecular weight excluding hydrogens is 408 g/mol. The van der Waals surface area contributed by atoms with Gasteiger partial charge < -0.3 is 21.7 Å². The first-order valence-corrected chi connectivity index (χ1v) is 11.1. The lowest BCUT2D eigenvalue weighted by Crippen LogP contribution is -2.23. The molecule has 168 valence electrons. The van der Waals surface area contributed by atoms with Crippen molar-refractivity contribution < 1.29 is 10.2 Å². The van der Waals surface area contributed by atoms with E-state index in [1.807, 2.05) is 24.3 Å². The second-order valence-corrected chi connectivity index (χ2v) is 8.81. The summed E-state index contributed by atoms with van der Waals surface area (Å²) in [5.74, 6) is 0.463. The first kappa shape index (κ1) is 22.6. The molecule has 0 unspecified atom stereocenters. The molecule has 4 aromatic rings. The van der Waals surface area contributed by atoms with Gasteiger partial charge in [-0.05, 0) is 68.8 Å². The Morgan fingerprint density at radius 1 is 0.576 bits per heavy atom. The number of hydrogen-bond acceptors (Lipinski definition) is 4. The second kappa shape index (κ2) is 9.10. The maximum atomic E-state index is 9.82. The average Bonchev–Trinajstić information content (AvgIpc) is 2.84. The zero-order chi connectivity index (χ0) is 23.6. The summed E-state index contributed by atoms with van der Waals surface area (Å²) in [6.07, 6.45) is 0. The molecule has 0 heterocycles. The molecule has 0 aliphatic carbocycles. The molecule has 33 heavy (non-hydrogen) atoms. The summed E-state index contributed by atoms with van der Waals surface area (Å²) in [5, 5.41) is 19.6. The molecule has 0 saturated heterocycles.